The number of thiol groups is 1. The minimum atomic E-state index is 0.155. The number of rotatable bonds is 4. The standard InChI is InChI=1S/C11H13BrOS/c1-2-8-3-4-11(14)9(7-8)10(13)5-6-12/h3-4,7,14H,2,5-6H2,1H3. The van der Waals surface area contributed by atoms with Gasteiger partial charge in [-0.15, -0.1) is 12.6 Å². The monoisotopic (exact) mass is 272 g/mol. The molecule has 0 bridgehead atoms. The van der Waals surface area contributed by atoms with Crippen LogP contribution in [0.25, 0.3) is 0 Å². The van der Waals surface area contributed by atoms with Crippen molar-refractivity contribution in [3.8, 4) is 0 Å². The third-order valence-corrected chi connectivity index (χ3v) is 2.88. The number of hydrogen-bond acceptors (Lipinski definition) is 2. The number of benzene rings is 1. The Morgan fingerprint density at radius 3 is 2.79 bits per heavy atom. The Morgan fingerprint density at radius 2 is 2.21 bits per heavy atom. The van der Waals surface area contributed by atoms with Crippen molar-refractivity contribution in [1.82, 2.24) is 0 Å². The lowest BCUT2D eigenvalue weighted by atomic mass is 10.0. The Kier molecular flexibility index (Phi) is 4.69. The number of hydrogen-bond donors (Lipinski definition) is 1. The van der Waals surface area contributed by atoms with Gasteiger partial charge in [0.1, 0.15) is 0 Å². The zero-order valence-corrected chi connectivity index (χ0v) is 10.6. The fourth-order valence-electron chi connectivity index (χ4n) is 1.25. The Hall–Kier alpha value is -0.280. The number of carbonyl (C=O) groups is 1. The van der Waals surface area contributed by atoms with E-state index in [1.165, 1.54) is 5.56 Å². The van der Waals surface area contributed by atoms with Gasteiger partial charge in [0, 0.05) is 22.2 Å². The summed E-state index contributed by atoms with van der Waals surface area (Å²) in [6, 6.07) is 5.84. The molecule has 3 heteroatoms. The molecular weight excluding hydrogens is 260 g/mol. The molecule has 0 unspecified atom stereocenters. The van der Waals surface area contributed by atoms with Crippen molar-refractivity contribution >= 4 is 34.3 Å². The highest BCUT2D eigenvalue weighted by Crippen LogP contribution is 2.18. The van der Waals surface area contributed by atoms with E-state index in [0.717, 1.165) is 16.9 Å². The summed E-state index contributed by atoms with van der Waals surface area (Å²) < 4.78 is 0. The molecule has 0 aliphatic rings. The molecule has 1 rings (SSSR count). The molecule has 0 amide bonds. The summed E-state index contributed by atoms with van der Waals surface area (Å²) in [5.74, 6) is 0.155. The molecule has 0 aliphatic heterocycles. The molecule has 1 aromatic rings. The van der Waals surface area contributed by atoms with Crippen LogP contribution < -0.4 is 0 Å². The molecule has 0 saturated heterocycles. The highest BCUT2D eigenvalue weighted by molar-refractivity contribution is 9.09. The average molecular weight is 273 g/mol. The fourth-order valence-corrected chi connectivity index (χ4v) is 1.87. The molecule has 0 spiro atoms. The third-order valence-electron chi connectivity index (χ3n) is 2.09. The van der Waals surface area contributed by atoms with Crippen LogP contribution in [0.15, 0.2) is 23.1 Å². The first-order chi connectivity index (χ1) is 6.69. The van der Waals surface area contributed by atoms with Gasteiger partial charge in [-0.2, -0.15) is 0 Å². The van der Waals surface area contributed by atoms with Gasteiger partial charge in [-0.05, 0) is 24.1 Å². The van der Waals surface area contributed by atoms with Crippen molar-refractivity contribution in [3.05, 3.63) is 29.3 Å². The van der Waals surface area contributed by atoms with Crippen LogP contribution in [-0.2, 0) is 6.42 Å². The van der Waals surface area contributed by atoms with Crippen molar-refractivity contribution < 1.29 is 4.79 Å². The highest BCUT2D eigenvalue weighted by atomic mass is 79.9. The number of carbonyl (C=O) groups excluding carboxylic acids is 1. The van der Waals surface area contributed by atoms with E-state index < -0.39 is 0 Å². The van der Waals surface area contributed by atoms with Gasteiger partial charge in [-0.3, -0.25) is 4.79 Å². The van der Waals surface area contributed by atoms with E-state index in [1.807, 2.05) is 18.2 Å². The first-order valence-electron chi connectivity index (χ1n) is 4.60. The predicted octanol–water partition coefficient (Wildman–Crippen LogP) is 3.51. The van der Waals surface area contributed by atoms with Gasteiger partial charge in [-0.1, -0.05) is 28.9 Å². The molecule has 0 aliphatic carbocycles. The van der Waals surface area contributed by atoms with E-state index in [9.17, 15) is 4.79 Å². The van der Waals surface area contributed by atoms with Gasteiger partial charge in [-0.25, -0.2) is 0 Å². The van der Waals surface area contributed by atoms with E-state index in [4.69, 9.17) is 0 Å². The van der Waals surface area contributed by atoms with Crippen molar-refractivity contribution in [2.45, 2.75) is 24.7 Å². The van der Waals surface area contributed by atoms with E-state index in [0.29, 0.717) is 11.8 Å². The van der Waals surface area contributed by atoms with Crippen LogP contribution in [-0.4, -0.2) is 11.1 Å². The molecular formula is C11H13BrOS. The van der Waals surface area contributed by atoms with Crippen LogP contribution in [0.5, 0.6) is 0 Å². The lowest BCUT2D eigenvalue weighted by molar-refractivity contribution is 0.0987. The minimum absolute atomic E-state index is 0.155. The molecule has 1 nitrogen and oxygen atoms in total. The lowest BCUT2D eigenvalue weighted by Crippen LogP contribution is -2.01. The summed E-state index contributed by atoms with van der Waals surface area (Å²) >= 11 is 7.54. The summed E-state index contributed by atoms with van der Waals surface area (Å²) in [4.78, 5) is 12.4. The van der Waals surface area contributed by atoms with Gasteiger partial charge in [0.2, 0.25) is 0 Å². The van der Waals surface area contributed by atoms with Crippen molar-refractivity contribution in [2.24, 2.45) is 0 Å². The Bertz CT molecular complexity index is 336. The summed E-state index contributed by atoms with van der Waals surface area (Å²) in [5.41, 5.74) is 1.92. The van der Waals surface area contributed by atoms with E-state index in [1.54, 1.807) is 0 Å². The quantitative estimate of drug-likeness (QED) is 0.504. The van der Waals surface area contributed by atoms with Gasteiger partial charge in [0.05, 0.1) is 0 Å². The van der Waals surface area contributed by atoms with Crippen molar-refractivity contribution in [3.63, 3.8) is 0 Å². The minimum Gasteiger partial charge on any atom is -0.294 e. The number of ketones is 1. The van der Waals surface area contributed by atoms with Gasteiger partial charge >= 0.3 is 0 Å². The smallest absolute Gasteiger partial charge is 0.164 e. The molecule has 0 N–H and O–H groups in total. The molecule has 14 heavy (non-hydrogen) atoms. The molecule has 1 aromatic carbocycles. The first kappa shape index (κ1) is 11.8. The van der Waals surface area contributed by atoms with Crippen LogP contribution in [0.1, 0.15) is 29.3 Å². The highest BCUT2D eigenvalue weighted by Gasteiger charge is 2.08. The summed E-state index contributed by atoms with van der Waals surface area (Å²) in [6.07, 6.45) is 1.48. The normalized spacial score (nSPS) is 10.2. The Morgan fingerprint density at radius 1 is 1.50 bits per heavy atom. The number of alkyl halides is 1. The number of halogens is 1. The first-order valence-corrected chi connectivity index (χ1v) is 6.17. The van der Waals surface area contributed by atoms with Crippen LogP contribution in [0, 0.1) is 0 Å². The zero-order chi connectivity index (χ0) is 10.6. The number of aryl methyl sites for hydroxylation is 1. The van der Waals surface area contributed by atoms with Gasteiger partial charge < -0.3 is 0 Å². The molecule has 0 heterocycles. The lowest BCUT2D eigenvalue weighted by Gasteiger charge is -2.05. The van der Waals surface area contributed by atoms with Crippen molar-refractivity contribution in [2.75, 3.05) is 5.33 Å². The predicted molar refractivity (Wildman–Crippen MR) is 65.8 cm³/mol. The average Bonchev–Trinajstić information content (AvgIpc) is 2.19. The van der Waals surface area contributed by atoms with E-state index in [-0.39, 0.29) is 5.78 Å². The summed E-state index contributed by atoms with van der Waals surface area (Å²) in [5, 5.41) is 0.704. The SMILES string of the molecule is CCc1ccc(S)c(C(=O)CCBr)c1. The fraction of sp³-hybridized carbons (Fsp3) is 0.364. The third kappa shape index (κ3) is 2.85. The van der Waals surface area contributed by atoms with Crippen LogP contribution in [0.3, 0.4) is 0 Å². The molecule has 0 saturated carbocycles. The molecule has 0 aromatic heterocycles. The van der Waals surface area contributed by atoms with Crippen LogP contribution in [0.2, 0.25) is 0 Å². The van der Waals surface area contributed by atoms with Gasteiger partial charge in [0.15, 0.2) is 5.78 Å². The topological polar surface area (TPSA) is 17.1 Å². The Balaban J connectivity index is 2.99. The second-order valence-electron chi connectivity index (χ2n) is 3.07. The largest absolute Gasteiger partial charge is 0.294 e. The zero-order valence-electron chi connectivity index (χ0n) is 8.09. The van der Waals surface area contributed by atoms with Crippen LogP contribution in [0.4, 0.5) is 0 Å². The molecule has 0 fully saturated rings. The van der Waals surface area contributed by atoms with E-state index in [2.05, 4.69) is 35.5 Å². The molecule has 0 atom stereocenters. The van der Waals surface area contributed by atoms with E-state index >= 15 is 0 Å². The second kappa shape index (κ2) is 5.56. The van der Waals surface area contributed by atoms with Crippen molar-refractivity contribution in [1.29, 1.82) is 0 Å². The maximum atomic E-state index is 11.7. The van der Waals surface area contributed by atoms with Crippen LogP contribution >= 0.6 is 28.6 Å². The number of Topliss-reactive ketones (excluding diaryl/α,β-unsaturated/α-hetero) is 1. The molecule has 76 valence electrons. The Labute approximate surface area is 98.4 Å². The van der Waals surface area contributed by atoms with Gasteiger partial charge in [0.25, 0.3) is 0 Å². The summed E-state index contributed by atoms with van der Waals surface area (Å²) in [6.45, 7) is 2.08. The maximum absolute atomic E-state index is 11.7. The molecule has 0 radical (unpaired) electrons. The summed E-state index contributed by atoms with van der Waals surface area (Å²) in [7, 11) is 0. The maximum Gasteiger partial charge on any atom is 0.164 e. The second-order valence-corrected chi connectivity index (χ2v) is 4.34.